The van der Waals surface area contributed by atoms with E-state index in [1.165, 1.54) is 12.5 Å². The first-order valence-electron chi connectivity index (χ1n) is 7.56. The fourth-order valence-corrected chi connectivity index (χ4v) is 2.65. The second-order valence-corrected chi connectivity index (χ2v) is 5.92. The predicted octanol–water partition coefficient (Wildman–Crippen LogP) is 4.19. The van der Waals surface area contributed by atoms with Crippen LogP contribution in [-0.2, 0) is 12.7 Å². The van der Waals surface area contributed by atoms with E-state index in [2.05, 4.69) is 10.2 Å². The van der Waals surface area contributed by atoms with E-state index in [4.69, 9.17) is 0 Å². The van der Waals surface area contributed by atoms with Crippen LogP contribution in [0.2, 0.25) is 0 Å². The molecule has 1 aliphatic heterocycles. The van der Waals surface area contributed by atoms with Gasteiger partial charge in [-0.25, -0.2) is 0 Å². The van der Waals surface area contributed by atoms with E-state index in [9.17, 15) is 13.2 Å². The van der Waals surface area contributed by atoms with E-state index in [1.54, 1.807) is 6.07 Å². The molecule has 5 heteroatoms. The number of hydrogen-bond acceptors (Lipinski definition) is 2. The summed E-state index contributed by atoms with van der Waals surface area (Å²) in [5, 5.41) is 3.06. The van der Waals surface area contributed by atoms with Gasteiger partial charge in [0.05, 0.1) is 5.56 Å². The van der Waals surface area contributed by atoms with E-state index >= 15 is 0 Å². The second kappa shape index (κ2) is 6.69. The van der Waals surface area contributed by atoms with Crippen LogP contribution in [0.5, 0.6) is 0 Å². The van der Waals surface area contributed by atoms with Gasteiger partial charge >= 0.3 is 6.18 Å². The van der Waals surface area contributed by atoms with Crippen LogP contribution in [0.4, 0.5) is 18.9 Å². The van der Waals surface area contributed by atoms with Gasteiger partial charge in [0.1, 0.15) is 0 Å². The Kier molecular flexibility index (Phi) is 5.14. The summed E-state index contributed by atoms with van der Waals surface area (Å²) in [5.74, 6) is 0. The highest BCUT2D eigenvalue weighted by Crippen LogP contribution is 2.35. The van der Waals surface area contributed by atoms with Crippen molar-refractivity contribution in [1.29, 1.82) is 0 Å². The lowest BCUT2D eigenvalue weighted by molar-refractivity contribution is -0.138. The van der Waals surface area contributed by atoms with Gasteiger partial charge in [-0.15, -0.1) is 0 Å². The van der Waals surface area contributed by atoms with Crippen molar-refractivity contribution < 1.29 is 13.2 Å². The standard InChI is InChI=1S/C16H23F3N2/c1-12(2)20-11-13-6-7-14(10-15(13)16(17,18)19)21-8-4-3-5-9-21/h6-7,10,12,20H,3-5,8-9,11H2,1-2H3. The summed E-state index contributed by atoms with van der Waals surface area (Å²) in [6.07, 6.45) is -1.03. The number of piperidine rings is 1. The quantitative estimate of drug-likeness (QED) is 0.897. The zero-order valence-corrected chi connectivity index (χ0v) is 12.6. The average molecular weight is 300 g/mol. The van der Waals surface area contributed by atoms with Gasteiger partial charge in [-0.3, -0.25) is 0 Å². The Hall–Kier alpha value is -1.23. The Labute approximate surface area is 124 Å². The zero-order chi connectivity index (χ0) is 15.5. The topological polar surface area (TPSA) is 15.3 Å². The van der Waals surface area contributed by atoms with Crippen molar-refractivity contribution in [3.63, 3.8) is 0 Å². The molecule has 21 heavy (non-hydrogen) atoms. The molecule has 1 fully saturated rings. The highest BCUT2D eigenvalue weighted by molar-refractivity contribution is 5.52. The number of benzene rings is 1. The van der Waals surface area contributed by atoms with Crippen molar-refractivity contribution in [3.8, 4) is 0 Å². The summed E-state index contributed by atoms with van der Waals surface area (Å²) < 4.78 is 39.8. The van der Waals surface area contributed by atoms with Crippen molar-refractivity contribution in [3.05, 3.63) is 29.3 Å². The minimum absolute atomic E-state index is 0.160. The van der Waals surface area contributed by atoms with Gasteiger partial charge in [0, 0.05) is 31.4 Å². The van der Waals surface area contributed by atoms with Crippen LogP contribution in [-0.4, -0.2) is 19.1 Å². The summed E-state index contributed by atoms with van der Waals surface area (Å²) in [6.45, 7) is 5.79. The van der Waals surface area contributed by atoms with E-state index in [0.717, 1.165) is 25.9 Å². The van der Waals surface area contributed by atoms with Gasteiger partial charge in [-0.2, -0.15) is 13.2 Å². The van der Waals surface area contributed by atoms with Crippen LogP contribution < -0.4 is 10.2 Å². The summed E-state index contributed by atoms with van der Waals surface area (Å²) in [6, 6.07) is 4.90. The van der Waals surface area contributed by atoms with Crippen molar-refractivity contribution in [2.24, 2.45) is 0 Å². The Morgan fingerprint density at radius 3 is 2.38 bits per heavy atom. The van der Waals surface area contributed by atoms with Gasteiger partial charge in [0.15, 0.2) is 0 Å². The lowest BCUT2D eigenvalue weighted by Gasteiger charge is -2.30. The first-order valence-corrected chi connectivity index (χ1v) is 7.56. The molecule has 1 aromatic carbocycles. The molecule has 1 heterocycles. The third-order valence-corrected chi connectivity index (χ3v) is 3.82. The van der Waals surface area contributed by atoms with E-state index in [1.807, 2.05) is 19.9 Å². The predicted molar refractivity (Wildman–Crippen MR) is 79.5 cm³/mol. The molecule has 2 nitrogen and oxygen atoms in total. The number of halogens is 3. The van der Waals surface area contributed by atoms with Gasteiger partial charge in [0.25, 0.3) is 0 Å². The molecular weight excluding hydrogens is 277 g/mol. The fourth-order valence-electron chi connectivity index (χ4n) is 2.65. The minimum atomic E-state index is -4.31. The molecule has 0 radical (unpaired) electrons. The van der Waals surface area contributed by atoms with Gasteiger partial charge in [-0.1, -0.05) is 19.9 Å². The number of hydrogen-bond donors (Lipinski definition) is 1. The van der Waals surface area contributed by atoms with Crippen LogP contribution in [0.1, 0.15) is 44.2 Å². The lowest BCUT2D eigenvalue weighted by Crippen LogP contribution is -2.30. The third-order valence-electron chi connectivity index (χ3n) is 3.82. The molecule has 2 rings (SSSR count). The Bertz CT molecular complexity index is 463. The largest absolute Gasteiger partial charge is 0.416 e. The van der Waals surface area contributed by atoms with Crippen molar-refractivity contribution in [1.82, 2.24) is 5.32 Å². The molecule has 0 spiro atoms. The summed E-state index contributed by atoms with van der Waals surface area (Å²) in [4.78, 5) is 2.05. The molecule has 1 aliphatic rings. The maximum Gasteiger partial charge on any atom is 0.416 e. The molecular formula is C16H23F3N2. The van der Waals surface area contributed by atoms with E-state index in [0.29, 0.717) is 11.3 Å². The minimum Gasteiger partial charge on any atom is -0.372 e. The molecule has 1 aromatic rings. The van der Waals surface area contributed by atoms with Gasteiger partial charge in [-0.05, 0) is 37.0 Å². The number of nitrogens with zero attached hydrogens (tertiary/aromatic N) is 1. The molecule has 0 saturated carbocycles. The van der Waals surface area contributed by atoms with Crippen molar-refractivity contribution in [2.45, 2.75) is 51.9 Å². The Balaban J connectivity index is 2.26. The average Bonchev–Trinajstić information content (AvgIpc) is 2.45. The number of alkyl halides is 3. The number of nitrogens with one attached hydrogen (secondary N) is 1. The lowest BCUT2D eigenvalue weighted by atomic mass is 10.0. The third kappa shape index (κ3) is 4.37. The SMILES string of the molecule is CC(C)NCc1ccc(N2CCCCC2)cc1C(F)(F)F. The fraction of sp³-hybridized carbons (Fsp3) is 0.625. The highest BCUT2D eigenvalue weighted by atomic mass is 19.4. The molecule has 0 bridgehead atoms. The van der Waals surface area contributed by atoms with E-state index < -0.39 is 11.7 Å². The van der Waals surface area contributed by atoms with Crippen molar-refractivity contribution in [2.75, 3.05) is 18.0 Å². The zero-order valence-electron chi connectivity index (χ0n) is 12.6. The van der Waals surface area contributed by atoms with Crippen LogP contribution >= 0.6 is 0 Å². The highest BCUT2D eigenvalue weighted by Gasteiger charge is 2.34. The van der Waals surface area contributed by atoms with Gasteiger partial charge in [0.2, 0.25) is 0 Å². The van der Waals surface area contributed by atoms with Crippen LogP contribution in [0, 0.1) is 0 Å². The number of rotatable bonds is 4. The summed E-state index contributed by atoms with van der Waals surface area (Å²) in [5.41, 5.74) is 0.492. The monoisotopic (exact) mass is 300 g/mol. The molecule has 0 amide bonds. The smallest absolute Gasteiger partial charge is 0.372 e. The van der Waals surface area contributed by atoms with Crippen LogP contribution in [0.25, 0.3) is 0 Å². The summed E-state index contributed by atoms with van der Waals surface area (Å²) >= 11 is 0. The molecule has 0 unspecified atom stereocenters. The van der Waals surface area contributed by atoms with E-state index in [-0.39, 0.29) is 12.6 Å². The van der Waals surface area contributed by atoms with Gasteiger partial charge < -0.3 is 10.2 Å². The normalized spacial score (nSPS) is 16.6. The maximum atomic E-state index is 13.3. The van der Waals surface area contributed by atoms with Crippen LogP contribution in [0.15, 0.2) is 18.2 Å². The molecule has 118 valence electrons. The number of anilines is 1. The molecule has 0 aromatic heterocycles. The Morgan fingerprint density at radius 2 is 1.81 bits per heavy atom. The molecule has 1 N–H and O–H groups in total. The first-order chi connectivity index (χ1) is 9.88. The first kappa shape index (κ1) is 16.1. The summed E-state index contributed by atoms with van der Waals surface area (Å²) in [7, 11) is 0. The van der Waals surface area contributed by atoms with Crippen LogP contribution in [0.3, 0.4) is 0 Å². The van der Waals surface area contributed by atoms with Crippen molar-refractivity contribution >= 4 is 5.69 Å². The molecule has 0 aliphatic carbocycles. The Morgan fingerprint density at radius 1 is 1.14 bits per heavy atom. The second-order valence-electron chi connectivity index (χ2n) is 5.92. The maximum absolute atomic E-state index is 13.3. The molecule has 1 saturated heterocycles. The molecule has 0 atom stereocenters.